The molecule has 8 heteroatoms. The molecule has 3 N–H and O–H groups in total. The smallest absolute Gasteiger partial charge is 0.270 e. The Bertz CT molecular complexity index is 1020. The molecule has 0 saturated heterocycles. The minimum atomic E-state index is -0.681. The van der Waals surface area contributed by atoms with Gasteiger partial charge in [-0.1, -0.05) is 6.07 Å². The summed E-state index contributed by atoms with van der Waals surface area (Å²) in [6.07, 6.45) is 2.31. The molecule has 1 amide bonds. The van der Waals surface area contributed by atoms with Crippen molar-refractivity contribution in [3.63, 3.8) is 0 Å². The molecule has 6 nitrogen and oxygen atoms in total. The number of benzene rings is 1. The summed E-state index contributed by atoms with van der Waals surface area (Å²) < 4.78 is 34.9. The molecule has 0 spiro atoms. The summed E-state index contributed by atoms with van der Waals surface area (Å²) in [5.41, 5.74) is 6.68. The molecule has 2 heterocycles. The van der Waals surface area contributed by atoms with Gasteiger partial charge in [-0.05, 0) is 51.5 Å². The second-order valence-corrected chi connectivity index (χ2v) is 7.60. The lowest BCUT2D eigenvalue weighted by molar-refractivity contribution is 0.0945. The summed E-state index contributed by atoms with van der Waals surface area (Å²) in [6.45, 7) is 5.63. The third-order valence-electron chi connectivity index (χ3n) is 4.49. The van der Waals surface area contributed by atoms with Crippen LogP contribution in [0.15, 0.2) is 36.5 Å². The number of nitrogens with two attached hydrogens (primary N) is 1. The van der Waals surface area contributed by atoms with Crippen LogP contribution >= 0.6 is 0 Å². The number of nitrogens with one attached hydrogen (secondary N) is 1. The van der Waals surface area contributed by atoms with Crippen LogP contribution in [0, 0.1) is 18.6 Å². The Hall–Kier alpha value is -3.00. The van der Waals surface area contributed by atoms with Crippen LogP contribution in [0.3, 0.4) is 0 Å². The van der Waals surface area contributed by atoms with Crippen molar-refractivity contribution in [3.8, 4) is 5.75 Å². The van der Waals surface area contributed by atoms with Gasteiger partial charge < -0.3 is 15.8 Å². The van der Waals surface area contributed by atoms with Gasteiger partial charge in [0.25, 0.3) is 5.91 Å². The van der Waals surface area contributed by atoms with Crippen LogP contribution in [-0.4, -0.2) is 27.4 Å². The SMILES string of the molecule is Cc1nc2c(OCc3c(F)cccc3F)cccn2c1C(=O)NCCC(C)(C)N. The highest BCUT2D eigenvalue weighted by molar-refractivity contribution is 5.94. The van der Waals surface area contributed by atoms with E-state index >= 15 is 0 Å². The topological polar surface area (TPSA) is 81.7 Å². The molecule has 0 atom stereocenters. The largest absolute Gasteiger partial charge is 0.485 e. The van der Waals surface area contributed by atoms with Crippen LogP contribution in [0.25, 0.3) is 5.65 Å². The van der Waals surface area contributed by atoms with E-state index < -0.39 is 11.6 Å². The zero-order chi connectivity index (χ0) is 21.2. The highest BCUT2D eigenvalue weighted by atomic mass is 19.1. The van der Waals surface area contributed by atoms with Gasteiger partial charge in [0.2, 0.25) is 0 Å². The second kappa shape index (κ2) is 8.16. The molecule has 3 aromatic rings. The fourth-order valence-electron chi connectivity index (χ4n) is 2.94. The molecule has 0 saturated carbocycles. The van der Waals surface area contributed by atoms with E-state index in [1.165, 1.54) is 18.2 Å². The maximum absolute atomic E-state index is 13.8. The van der Waals surface area contributed by atoms with Crippen molar-refractivity contribution in [1.82, 2.24) is 14.7 Å². The third-order valence-corrected chi connectivity index (χ3v) is 4.49. The van der Waals surface area contributed by atoms with Crippen molar-refractivity contribution in [2.24, 2.45) is 5.73 Å². The molecular formula is C21H24F2N4O2. The van der Waals surface area contributed by atoms with Gasteiger partial charge in [-0.25, -0.2) is 13.8 Å². The van der Waals surface area contributed by atoms with E-state index in [0.29, 0.717) is 35.8 Å². The molecule has 29 heavy (non-hydrogen) atoms. The van der Waals surface area contributed by atoms with Crippen molar-refractivity contribution in [2.75, 3.05) is 6.54 Å². The maximum Gasteiger partial charge on any atom is 0.270 e. The molecule has 0 unspecified atom stereocenters. The lowest BCUT2D eigenvalue weighted by Gasteiger charge is -2.18. The number of aromatic nitrogens is 2. The van der Waals surface area contributed by atoms with Crippen molar-refractivity contribution >= 4 is 11.6 Å². The quantitative estimate of drug-likeness (QED) is 0.635. The van der Waals surface area contributed by atoms with Crippen LogP contribution in [0.4, 0.5) is 8.78 Å². The van der Waals surface area contributed by atoms with E-state index in [1.807, 2.05) is 13.8 Å². The predicted molar refractivity (Wildman–Crippen MR) is 106 cm³/mol. The van der Waals surface area contributed by atoms with E-state index in [2.05, 4.69) is 10.3 Å². The number of rotatable bonds is 7. The number of fused-ring (bicyclic) bond motifs is 1. The maximum atomic E-state index is 13.8. The molecule has 0 aliphatic carbocycles. The minimum Gasteiger partial charge on any atom is -0.485 e. The highest BCUT2D eigenvalue weighted by Gasteiger charge is 2.20. The van der Waals surface area contributed by atoms with Gasteiger partial charge in [-0.3, -0.25) is 9.20 Å². The number of halogens is 2. The summed E-state index contributed by atoms with van der Waals surface area (Å²) >= 11 is 0. The lowest BCUT2D eigenvalue weighted by atomic mass is 10.0. The van der Waals surface area contributed by atoms with Gasteiger partial charge in [0.15, 0.2) is 11.4 Å². The van der Waals surface area contributed by atoms with Crippen molar-refractivity contribution in [3.05, 3.63) is 65.1 Å². The Kier molecular flexibility index (Phi) is 5.83. The van der Waals surface area contributed by atoms with Gasteiger partial charge in [-0.2, -0.15) is 0 Å². The number of ether oxygens (including phenoxy) is 1. The second-order valence-electron chi connectivity index (χ2n) is 7.60. The summed E-state index contributed by atoms with van der Waals surface area (Å²) in [6, 6.07) is 6.96. The molecule has 154 valence electrons. The van der Waals surface area contributed by atoms with Crippen LogP contribution in [0.5, 0.6) is 5.75 Å². The first-order valence-corrected chi connectivity index (χ1v) is 9.28. The number of amides is 1. The molecule has 0 aliphatic rings. The van der Waals surface area contributed by atoms with Crippen LogP contribution in [0.1, 0.15) is 42.0 Å². The normalized spacial score (nSPS) is 11.7. The Balaban J connectivity index is 1.83. The summed E-state index contributed by atoms with van der Waals surface area (Å²) in [5.74, 6) is -1.32. The number of imidazole rings is 1. The fraction of sp³-hybridized carbons (Fsp3) is 0.333. The Morgan fingerprint density at radius 1 is 1.24 bits per heavy atom. The predicted octanol–water partition coefficient (Wildman–Crippen LogP) is 3.36. The first kappa shape index (κ1) is 20.7. The van der Waals surface area contributed by atoms with E-state index in [0.717, 1.165) is 0 Å². The van der Waals surface area contributed by atoms with Crippen molar-refractivity contribution in [2.45, 2.75) is 39.3 Å². The average Bonchev–Trinajstić information content (AvgIpc) is 2.96. The minimum absolute atomic E-state index is 0.167. The van der Waals surface area contributed by atoms with E-state index in [-0.39, 0.29) is 23.6 Å². The molecule has 0 fully saturated rings. The Labute approximate surface area is 167 Å². The Morgan fingerprint density at radius 2 is 1.93 bits per heavy atom. The monoisotopic (exact) mass is 402 g/mol. The van der Waals surface area contributed by atoms with Crippen LogP contribution in [-0.2, 0) is 6.61 Å². The van der Waals surface area contributed by atoms with E-state index in [4.69, 9.17) is 10.5 Å². The molecule has 1 aromatic carbocycles. The number of carbonyl (C=O) groups is 1. The standard InChI is InChI=1S/C21H24F2N4O2/c1-13-18(20(28)25-10-9-21(2,3)24)27-11-5-8-17(19(27)26-13)29-12-14-15(22)6-4-7-16(14)23/h4-8,11H,9-10,12,24H2,1-3H3,(H,25,28). The van der Waals surface area contributed by atoms with Gasteiger partial charge in [0, 0.05) is 18.3 Å². The fourth-order valence-corrected chi connectivity index (χ4v) is 2.94. The summed E-state index contributed by atoms with van der Waals surface area (Å²) in [5, 5.41) is 2.85. The summed E-state index contributed by atoms with van der Waals surface area (Å²) in [4.78, 5) is 17.1. The van der Waals surface area contributed by atoms with Crippen LogP contribution in [0.2, 0.25) is 0 Å². The Morgan fingerprint density at radius 3 is 2.59 bits per heavy atom. The highest BCUT2D eigenvalue weighted by Crippen LogP contribution is 2.24. The number of nitrogens with zero attached hydrogens (tertiary/aromatic N) is 2. The van der Waals surface area contributed by atoms with Gasteiger partial charge in [0.1, 0.15) is 23.9 Å². The molecule has 0 bridgehead atoms. The lowest BCUT2D eigenvalue weighted by Crippen LogP contribution is -2.37. The van der Waals surface area contributed by atoms with Gasteiger partial charge in [0.05, 0.1) is 11.3 Å². The molecule has 2 aromatic heterocycles. The zero-order valence-electron chi connectivity index (χ0n) is 16.6. The number of pyridine rings is 1. The van der Waals surface area contributed by atoms with Crippen molar-refractivity contribution < 1.29 is 18.3 Å². The molecular weight excluding hydrogens is 378 g/mol. The number of hydrogen-bond donors (Lipinski definition) is 2. The number of aryl methyl sites for hydroxylation is 1. The van der Waals surface area contributed by atoms with E-state index in [1.54, 1.807) is 29.7 Å². The zero-order valence-corrected chi connectivity index (χ0v) is 16.6. The van der Waals surface area contributed by atoms with Gasteiger partial charge in [-0.15, -0.1) is 0 Å². The van der Waals surface area contributed by atoms with E-state index in [9.17, 15) is 13.6 Å². The van der Waals surface area contributed by atoms with Crippen molar-refractivity contribution in [1.29, 1.82) is 0 Å². The average molecular weight is 402 g/mol. The number of hydrogen-bond acceptors (Lipinski definition) is 4. The molecule has 0 aliphatic heterocycles. The first-order chi connectivity index (χ1) is 13.7. The molecule has 0 radical (unpaired) electrons. The van der Waals surface area contributed by atoms with Crippen LogP contribution < -0.4 is 15.8 Å². The first-order valence-electron chi connectivity index (χ1n) is 9.28. The van der Waals surface area contributed by atoms with Gasteiger partial charge >= 0.3 is 0 Å². The summed E-state index contributed by atoms with van der Waals surface area (Å²) in [7, 11) is 0. The number of carbonyl (C=O) groups excluding carboxylic acids is 1. The third kappa shape index (κ3) is 4.71. The molecule has 3 rings (SSSR count).